The average molecular weight is 403 g/mol. The number of aliphatic hydroxyl groups excluding tert-OH is 1. The maximum atomic E-state index is 12.6. The first-order valence-electron chi connectivity index (χ1n) is 9.72. The Bertz CT molecular complexity index is 919. The Morgan fingerprint density at radius 3 is 2.46 bits per heavy atom. The van der Waals surface area contributed by atoms with Crippen molar-refractivity contribution in [2.24, 2.45) is 0 Å². The minimum Gasteiger partial charge on any atom is -0.394 e. The molecule has 2 aliphatic carbocycles. The lowest BCUT2D eigenvalue weighted by molar-refractivity contribution is 0.151. The van der Waals surface area contributed by atoms with E-state index in [0.717, 1.165) is 44.2 Å². The number of rotatable bonds is 5. The van der Waals surface area contributed by atoms with Gasteiger partial charge in [0.1, 0.15) is 0 Å². The summed E-state index contributed by atoms with van der Waals surface area (Å²) in [6.07, 6.45) is 7.94. The average Bonchev–Trinajstić information content (AvgIpc) is 3.41. The quantitative estimate of drug-likeness (QED) is 0.716. The maximum Gasteiger partial charge on any atom is 0.331 e. The lowest BCUT2D eigenvalue weighted by Gasteiger charge is -2.22. The van der Waals surface area contributed by atoms with Crippen LogP contribution in [0.5, 0.6) is 0 Å². The molecule has 28 heavy (non-hydrogen) atoms. The Morgan fingerprint density at radius 2 is 1.86 bits per heavy atom. The lowest BCUT2D eigenvalue weighted by atomic mass is 9.99. The third-order valence-electron chi connectivity index (χ3n) is 5.66. The number of nitrogens with one attached hydrogen (secondary N) is 2. The van der Waals surface area contributed by atoms with E-state index in [4.69, 9.17) is 0 Å². The first-order valence-corrected chi connectivity index (χ1v) is 10.9. The van der Waals surface area contributed by atoms with Crippen molar-refractivity contribution in [1.29, 1.82) is 0 Å². The van der Waals surface area contributed by atoms with Gasteiger partial charge in [-0.05, 0) is 80.7 Å². The van der Waals surface area contributed by atoms with E-state index >= 15 is 0 Å². The summed E-state index contributed by atoms with van der Waals surface area (Å²) in [5, 5.41) is 16.9. The molecule has 0 saturated heterocycles. The van der Waals surface area contributed by atoms with E-state index in [1.807, 2.05) is 13.8 Å². The summed E-state index contributed by atoms with van der Waals surface area (Å²) in [6, 6.07) is 3.41. The third-order valence-corrected chi connectivity index (χ3v) is 6.63. The second-order valence-electron chi connectivity index (χ2n) is 8.13. The van der Waals surface area contributed by atoms with Gasteiger partial charge >= 0.3 is 6.03 Å². The fraction of sp³-hybridized carbons (Fsp3) is 0.500. The molecular weight excluding hydrogens is 376 g/mol. The number of aliphatic hydroxyl groups is 1. The van der Waals surface area contributed by atoms with Crippen molar-refractivity contribution in [3.8, 4) is 0 Å². The first-order chi connectivity index (χ1) is 13.4. The predicted molar refractivity (Wildman–Crippen MR) is 108 cm³/mol. The third kappa shape index (κ3) is 3.46. The van der Waals surface area contributed by atoms with Crippen molar-refractivity contribution < 1.29 is 14.1 Å². The number of benzene rings is 1. The number of carbonyl (C=O) groups is 1. The van der Waals surface area contributed by atoms with Crippen molar-refractivity contribution in [3.05, 3.63) is 40.6 Å². The molecule has 3 N–H and O–H groups in total. The molecule has 1 aromatic heterocycles. The molecule has 2 aliphatic rings. The number of aryl methyl sites for hydroxylation is 2. The Hall–Kier alpha value is -2.19. The Balaban J connectivity index is 1.50. The van der Waals surface area contributed by atoms with Crippen LogP contribution in [0, 0.1) is 0 Å². The zero-order valence-electron chi connectivity index (χ0n) is 16.2. The van der Waals surface area contributed by atoms with Crippen LogP contribution in [0.2, 0.25) is 0 Å². The number of amides is 2. The molecule has 2 aromatic rings. The summed E-state index contributed by atoms with van der Waals surface area (Å²) in [6.45, 7) is 3.55. The summed E-state index contributed by atoms with van der Waals surface area (Å²) in [7, 11) is -1.78. The van der Waals surface area contributed by atoms with Crippen LogP contribution < -0.4 is 10.0 Å². The molecule has 8 heteroatoms. The molecule has 0 radical (unpaired) electrons. The number of carbonyl (C=O) groups excluding carboxylic acids is 1. The number of hydrogen-bond donors (Lipinski definition) is 3. The molecule has 2 amide bonds. The van der Waals surface area contributed by atoms with Crippen molar-refractivity contribution in [3.63, 3.8) is 0 Å². The molecule has 150 valence electrons. The van der Waals surface area contributed by atoms with E-state index < -0.39 is 22.6 Å². The minimum absolute atomic E-state index is 0.0983. The molecule has 1 aromatic carbocycles. The van der Waals surface area contributed by atoms with Gasteiger partial charge < -0.3 is 10.4 Å². The molecule has 1 heterocycles. The van der Waals surface area contributed by atoms with Gasteiger partial charge in [-0.3, -0.25) is 9.40 Å². The topological polar surface area (TPSA) is 96.3 Å². The summed E-state index contributed by atoms with van der Waals surface area (Å²) >= 11 is 0. The molecule has 4 rings (SSSR count). The van der Waals surface area contributed by atoms with Gasteiger partial charge in [0.2, 0.25) is 0 Å². The van der Waals surface area contributed by atoms with Crippen LogP contribution in [0.1, 0.15) is 48.9 Å². The van der Waals surface area contributed by atoms with Gasteiger partial charge in [-0.2, -0.15) is 5.10 Å². The molecule has 0 bridgehead atoms. The Morgan fingerprint density at radius 1 is 1.21 bits per heavy atom. The van der Waals surface area contributed by atoms with Gasteiger partial charge in [-0.25, -0.2) is 9.00 Å². The van der Waals surface area contributed by atoms with E-state index in [9.17, 15) is 14.1 Å². The van der Waals surface area contributed by atoms with Gasteiger partial charge in [0.15, 0.2) is 16.0 Å². The smallest absolute Gasteiger partial charge is 0.331 e. The molecule has 1 unspecified atom stereocenters. The summed E-state index contributed by atoms with van der Waals surface area (Å²) in [4.78, 5) is 12.6. The zero-order chi connectivity index (χ0) is 19.9. The summed E-state index contributed by atoms with van der Waals surface area (Å²) < 4.78 is 16.6. The summed E-state index contributed by atoms with van der Waals surface area (Å²) in [5.41, 5.74) is 5.45. The van der Waals surface area contributed by atoms with Gasteiger partial charge in [0.05, 0.1) is 12.1 Å². The van der Waals surface area contributed by atoms with Gasteiger partial charge in [0.25, 0.3) is 0 Å². The number of aromatic nitrogens is 2. The van der Waals surface area contributed by atoms with Crippen molar-refractivity contribution in [1.82, 2.24) is 14.5 Å². The molecule has 7 nitrogen and oxygen atoms in total. The highest BCUT2D eigenvalue weighted by Crippen LogP contribution is 2.38. The molecular formula is C20H26N4O3S. The maximum absolute atomic E-state index is 12.6. The zero-order valence-corrected chi connectivity index (χ0v) is 17.1. The molecule has 1 atom stereocenters. The number of urea groups is 1. The molecule has 0 saturated carbocycles. The highest BCUT2D eigenvalue weighted by molar-refractivity contribution is 7.83. The fourth-order valence-electron chi connectivity index (χ4n) is 4.06. The molecule has 0 fully saturated rings. The monoisotopic (exact) mass is 402 g/mol. The van der Waals surface area contributed by atoms with E-state index in [0.29, 0.717) is 0 Å². The van der Waals surface area contributed by atoms with Crippen LogP contribution in [0.15, 0.2) is 23.4 Å². The van der Waals surface area contributed by atoms with E-state index in [2.05, 4.69) is 21.2 Å². The Kier molecular flexibility index (Phi) is 5.01. The van der Waals surface area contributed by atoms with Crippen LogP contribution in [0.25, 0.3) is 0 Å². The van der Waals surface area contributed by atoms with Crippen LogP contribution in [0.3, 0.4) is 0 Å². The van der Waals surface area contributed by atoms with E-state index in [-0.39, 0.29) is 11.6 Å². The fourth-order valence-corrected chi connectivity index (χ4v) is 4.73. The lowest BCUT2D eigenvalue weighted by Crippen LogP contribution is -2.33. The van der Waals surface area contributed by atoms with Crippen molar-refractivity contribution in [2.45, 2.75) is 62.9 Å². The normalized spacial score (nSPS) is 16.5. The molecule has 0 spiro atoms. The first kappa shape index (κ1) is 19.1. The second kappa shape index (κ2) is 7.33. The van der Waals surface area contributed by atoms with E-state index in [1.54, 1.807) is 16.9 Å². The van der Waals surface area contributed by atoms with Crippen LogP contribution in [-0.4, -0.2) is 31.7 Å². The van der Waals surface area contributed by atoms with E-state index in [1.165, 1.54) is 22.3 Å². The second-order valence-corrected chi connectivity index (χ2v) is 9.29. The van der Waals surface area contributed by atoms with Gasteiger partial charge in [-0.1, -0.05) is 6.07 Å². The number of nitrogens with zero attached hydrogens (tertiary/aromatic N) is 2. The number of hydrogen-bond acceptors (Lipinski definition) is 4. The van der Waals surface area contributed by atoms with Gasteiger partial charge in [-0.15, -0.1) is 0 Å². The number of fused-ring (bicyclic) bond motifs is 2. The highest BCUT2D eigenvalue weighted by Gasteiger charge is 2.26. The van der Waals surface area contributed by atoms with Crippen LogP contribution in [-0.2, 0) is 42.2 Å². The van der Waals surface area contributed by atoms with Crippen molar-refractivity contribution >= 4 is 22.7 Å². The van der Waals surface area contributed by atoms with Crippen LogP contribution in [0.4, 0.5) is 10.5 Å². The summed E-state index contributed by atoms with van der Waals surface area (Å²) in [5.74, 6) is 0. The number of anilines is 1. The SMILES string of the molecule is CC(C)(CO)n1ccc(S(=O)NC(=O)Nc2c3c(cc4c2CCC4)CCC3)n1. The van der Waals surface area contributed by atoms with Gasteiger partial charge in [0, 0.05) is 11.9 Å². The minimum atomic E-state index is -1.78. The van der Waals surface area contributed by atoms with Crippen LogP contribution >= 0.6 is 0 Å². The highest BCUT2D eigenvalue weighted by atomic mass is 32.2. The van der Waals surface area contributed by atoms with Crippen molar-refractivity contribution in [2.75, 3.05) is 11.9 Å². The standard InChI is InChI=1S/C20H26N4O3S/c1-20(2,12-25)24-10-9-17(22-24)28(27)23-19(26)21-18-15-7-3-5-13(15)11-14-6-4-8-16(14)18/h9-11,25H,3-8,12H2,1-2H3,(H2,21,23,26). The molecule has 0 aliphatic heterocycles. The Labute approximate surface area is 167 Å². The predicted octanol–water partition coefficient (Wildman–Crippen LogP) is 2.43. The largest absolute Gasteiger partial charge is 0.394 e.